The number of hydrogen-bond acceptors (Lipinski definition) is 3. The number of halogens is 2. The molecule has 0 saturated carbocycles. The van der Waals surface area contributed by atoms with Crippen LogP contribution in [0.15, 0.2) is 42.5 Å². The normalized spacial score (nSPS) is 13.5. The number of nitrogens with one attached hydrogen (secondary N) is 1. The van der Waals surface area contributed by atoms with Crippen LogP contribution in [-0.2, 0) is 0 Å². The number of nitrogens with zero attached hydrogens (tertiary/aromatic N) is 4. The molecule has 1 aliphatic rings. The van der Waals surface area contributed by atoms with Crippen molar-refractivity contribution < 1.29 is 4.79 Å². The summed E-state index contributed by atoms with van der Waals surface area (Å²) in [5, 5.41) is 7.62. The van der Waals surface area contributed by atoms with Gasteiger partial charge in [0.15, 0.2) is 5.69 Å². The molecular formula is C27H25Cl2N5O. The van der Waals surface area contributed by atoms with Gasteiger partial charge in [-0.1, -0.05) is 53.6 Å². The van der Waals surface area contributed by atoms with Crippen LogP contribution in [0, 0.1) is 25.3 Å². The van der Waals surface area contributed by atoms with Crippen LogP contribution in [0.1, 0.15) is 47.3 Å². The first-order valence-corrected chi connectivity index (χ1v) is 12.3. The van der Waals surface area contributed by atoms with Crippen molar-refractivity contribution in [1.29, 1.82) is 0 Å². The fourth-order valence-electron chi connectivity index (χ4n) is 4.07. The second-order valence-electron chi connectivity index (χ2n) is 8.33. The number of piperidine rings is 1. The van der Waals surface area contributed by atoms with E-state index in [0.717, 1.165) is 48.3 Å². The molecule has 1 amide bonds. The highest BCUT2D eigenvalue weighted by atomic mass is 35.5. The molecule has 1 aromatic heterocycles. The molecule has 6 nitrogen and oxygen atoms in total. The molecule has 0 bridgehead atoms. The van der Waals surface area contributed by atoms with Crippen LogP contribution in [0.5, 0.6) is 0 Å². The fraction of sp³-hybridized carbons (Fsp3) is 0.296. The van der Waals surface area contributed by atoms with Gasteiger partial charge in [0.25, 0.3) is 5.91 Å². The van der Waals surface area contributed by atoms with Crippen molar-refractivity contribution in [1.82, 2.24) is 20.2 Å². The SMILES string of the molecule is [C-]#[N+]CCC#Cc1ccc(-c2c(C)c(C(=O)NN3CCCCC3)nn2-c2ccc(Cl)cc2Cl)cc1. The maximum Gasteiger partial charge on any atom is 0.286 e. The summed E-state index contributed by atoms with van der Waals surface area (Å²) in [5.74, 6) is 5.86. The van der Waals surface area contributed by atoms with Gasteiger partial charge in [0.05, 0.1) is 22.8 Å². The highest BCUT2D eigenvalue weighted by molar-refractivity contribution is 6.35. The maximum absolute atomic E-state index is 13.2. The molecule has 0 unspecified atom stereocenters. The van der Waals surface area contributed by atoms with E-state index in [1.54, 1.807) is 22.9 Å². The lowest BCUT2D eigenvalue weighted by molar-refractivity contribution is 0.0743. The lowest BCUT2D eigenvalue weighted by atomic mass is 10.0. The lowest BCUT2D eigenvalue weighted by Crippen LogP contribution is -2.45. The summed E-state index contributed by atoms with van der Waals surface area (Å²) in [6, 6.07) is 13.0. The first-order valence-electron chi connectivity index (χ1n) is 11.5. The van der Waals surface area contributed by atoms with Gasteiger partial charge in [-0.3, -0.25) is 10.2 Å². The quantitative estimate of drug-likeness (QED) is 0.265. The zero-order valence-corrected chi connectivity index (χ0v) is 21.0. The molecule has 0 spiro atoms. The predicted molar refractivity (Wildman–Crippen MR) is 140 cm³/mol. The minimum Gasteiger partial charge on any atom is -0.316 e. The number of rotatable bonds is 5. The molecule has 1 saturated heterocycles. The Kier molecular flexibility index (Phi) is 8.10. The Balaban J connectivity index is 1.73. The van der Waals surface area contributed by atoms with Gasteiger partial charge in [-0.15, -0.1) is 0 Å². The average molecular weight is 506 g/mol. The van der Waals surface area contributed by atoms with E-state index in [0.29, 0.717) is 34.4 Å². The minimum atomic E-state index is -0.239. The Morgan fingerprint density at radius 2 is 1.89 bits per heavy atom. The van der Waals surface area contributed by atoms with E-state index in [2.05, 4.69) is 22.1 Å². The van der Waals surface area contributed by atoms with Crippen molar-refractivity contribution >= 4 is 29.1 Å². The molecule has 0 aliphatic carbocycles. The molecular weight excluding hydrogens is 481 g/mol. The van der Waals surface area contributed by atoms with E-state index < -0.39 is 0 Å². The van der Waals surface area contributed by atoms with Crippen LogP contribution in [0.3, 0.4) is 0 Å². The van der Waals surface area contributed by atoms with Crippen LogP contribution in [0.2, 0.25) is 10.0 Å². The Hall–Kier alpha value is -3.29. The second-order valence-corrected chi connectivity index (χ2v) is 9.17. The van der Waals surface area contributed by atoms with Gasteiger partial charge < -0.3 is 4.85 Å². The van der Waals surface area contributed by atoms with Crippen molar-refractivity contribution in [2.75, 3.05) is 19.6 Å². The molecule has 1 N–H and O–H groups in total. The summed E-state index contributed by atoms with van der Waals surface area (Å²) in [5.41, 5.74) is 7.25. The Morgan fingerprint density at radius 3 is 2.57 bits per heavy atom. The van der Waals surface area contributed by atoms with Gasteiger partial charge in [-0.05, 0) is 50.1 Å². The number of benzene rings is 2. The van der Waals surface area contributed by atoms with E-state index in [9.17, 15) is 4.79 Å². The molecule has 1 fully saturated rings. The van der Waals surface area contributed by atoms with Gasteiger partial charge >= 0.3 is 0 Å². The molecule has 2 heterocycles. The summed E-state index contributed by atoms with van der Waals surface area (Å²) in [7, 11) is 0. The van der Waals surface area contributed by atoms with Crippen molar-refractivity contribution in [2.24, 2.45) is 0 Å². The summed E-state index contributed by atoms with van der Waals surface area (Å²) in [6.45, 7) is 10.8. The van der Waals surface area contributed by atoms with Crippen LogP contribution < -0.4 is 5.43 Å². The van der Waals surface area contributed by atoms with Gasteiger partial charge in [-0.2, -0.15) is 5.10 Å². The maximum atomic E-state index is 13.2. The molecule has 178 valence electrons. The number of hydrazine groups is 1. The zero-order valence-electron chi connectivity index (χ0n) is 19.4. The number of carbonyl (C=O) groups excluding carboxylic acids is 1. The monoisotopic (exact) mass is 505 g/mol. The summed E-state index contributed by atoms with van der Waals surface area (Å²) in [6.07, 6.45) is 3.85. The number of aromatic nitrogens is 2. The van der Waals surface area contributed by atoms with E-state index in [1.165, 1.54) is 6.42 Å². The topological polar surface area (TPSA) is 54.5 Å². The average Bonchev–Trinajstić information content (AvgIpc) is 3.19. The van der Waals surface area contributed by atoms with E-state index in [-0.39, 0.29) is 5.91 Å². The van der Waals surface area contributed by atoms with Gasteiger partial charge in [-0.25, -0.2) is 16.3 Å². The van der Waals surface area contributed by atoms with E-state index in [4.69, 9.17) is 34.9 Å². The molecule has 4 rings (SSSR count). The highest BCUT2D eigenvalue weighted by Gasteiger charge is 2.24. The molecule has 0 atom stereocenters. The third-order valence-electron chi connectivity index (χ3n) is 5.83. The van der Waals surface area contributed by atoms with Crippen molar-refractivity contribution in [3.63, 3.8) is 0 Å². The first-order chi connectivity index (χ1) is 17.0. The molecule has 8 heteroatoms. The van der Waals surface area contributed by atoms with Crippen molar-refractivity contribution in [3.8, 4) is 28.8 Å². The molecule has 3 aromatic rings. The molecule has 2 aromatic carbocycles. The molecule has 0 radical (unpaired) electrons. The fourth-order valence-corrected chi connectivity index (χ4v) is 4.56. The summed E-state index contributed by atoms with van der Waals surface area (Å²) >= 11 is 12.7. The standard InChI is InChI=1S/C27H25Cl2N5O/c1-19-25(27(35)32-33-16-6-3-7-17-33)31-34(24-14-13-22(28)18-23(24)29)26(19)21-11-9-20(10-12-21)8-4-5-15-30-2/h9-14,18H,3,5-7,15-17H2,1H3,(H,32,35). The van der Waals surface area contributed by atoms with Gasteiger partial charge in [0.2, 0.25) is 6.54 Å². The minimum absolute atomic E-state index is 0.239. The van der Waals surface area contributed by atoms with Crippen molar-refractivity contribution in [2.45, 2.75) is 32.6 Å². The summed E-state index contributed by atoms with van der Waals surface area (Å²) < 4.78 is 1.70. The van der Waals surface area contributed by atoms with Gasteiger partial charge in [0, 0.05) is 34.8 Å². The predicted octanol–water partition coefficient (Wildman–Crippen LogP) is 5.95. The smallest absolute Gasteiger partial charge is 0.286 e. The highest BCUT2D eigenvalue weighted by Crippen LogP contribution is 2.33. The largest absolute Gasteiger partial charge is 0.316 e. The number of carbonyl (C=O) groups is 1. The van der Waals surface area contributed by atoms with Crippen LogP contribution in [0.25, 0.3) is 21.8 Å². The second kappa shape index (κ2) is 11.4. The van der Waals surface area contributed by atoms with Crippen LogP contribution >= 0.6 is 23.2 Å². The number of hydrogen-bond donors (Lipinski definition) is 1. The van der Waals surface area contributed by atoms with Crippen molar-refractivity contribution in [3.05, 3.63) is 80.7 Å². The molecule has 35 heavy (non-hydrogen) atoms. The number of amides is 1. The third kappa shape index (κ3) is 5.86. The van der Waals surface area contributed by atoms with Gasteiger partial charge in [0.1, 0.15) is 0 Å². The van der Waals surface area contributed by atoms with E-state index >= 15 is 0 Å². The zero-order chi connectivity index (χ0) is 24.8. The van der Waals surface area contributed by atoms with E-state index in [1.807, 2.05) is 36.2 Å². The Labute approximate surface area is 215 Å². The molecule has 1 aliphatic heterocycles. The first kappa shape index (κ1) is 24.8. The van der Waals surface area contributed by atoms with Crippen LogP contribution in [-0.4, -0.2) is 40.3 Å². The lowest BCUT2D eigenvalue weighted by Gasteiger charge is -2.26. The Morgan fingerprint density at radius 1 is 1.14 bits per heavy atom. The summed E-state index contributed by atoms with van der Waals surface area (Å²) in [4.78, 5) is 16.5. The third-order valence-corrected chi connectivity index (χ3v) is 6.37. The Bertz CT molecular complexity index is 1320. The van der Waals surface area contributed by atoms with Crippen LogP contribution in [0.4, 0.5) is 0 Å².